The van der Waals surface area contributed by atoms with Gasteiger partial charge in [0.15, 0.2) is 0 Å². The SMILES string of the molecule is c1ccc(N(c2cc3cc(c2)N(c2ccccc2)c2cccc4c2c2c(cccc2n4-c2ccccc2)N3c2ccccc2)c2ccc3c(c2)C(c2ccccc2)(c2ccccc2)c2ccccc2-3)cc1. The highest BCUT2D eigenvalue weighted by molar-refractivity contribution is 6.22. The van der Waals surface area contributed by atoms with E-state index in [4.69, 9.17) is 0 Å². The van der Waals surface area contributed by atoms with Gasteiger partial charge in [-0.15, -0.1) is 0 Å². The summed E-state index contributed by atoms with van der Waals surface area (Å²) in [5, 5.41) is 2.37. The highest BCUT2D eigenvalue weighted by atomic mass is 15.2. The molecule has 4 nitrogen and oxygen atoms in total. The molecule has 0 unspecified atom stereocenters. The molecular weight excluding hydrogens is 861 g/mol. The Morgan fingerprint density at radius 2 is 0.732 bits per heavy atom. The van der Waals surface area contributed by atoms with Crippen LogP contribution in [0.2, 0.25) is 0 Å². The van der Waals surface area contributed by atoms with Gasteiger partial charge in [0.25, 0.3) is 0 Å². The molecule has 0 saturated heterocycles. The van der Waals surface area contributed by atoms with E-state index in [1.165, 1.54) is 44.2 Å². The standard InChI is InChI=1S/C67H46N4/c1-7-23-47(24-8-1)67(48-25-9-2-10-26-48)59-36-20-19-35-57(59)58-42-41-53(46-60(58)67)68(49-27-11-3-12-28-49)54-43-55-45-56(44-54)70(51-31-15-5-16-32-51)62-38-22-40-64-66(62)65-61(69(55)50-29-13-4-14-30-50)37-21-39-63(65)71(64)52-33-17-6-18-34-52/h1-46H. The topological polar surface area (TPSA) is 14.7 Å². The highest BCUT2D eigenvalue weighted by Gasteiger charge is 2.46. The van der Waals surface area contributed by atoms with Crippen LogP contribution in [0.5, 0.6) is 0 Å². The van der Waals surface area contributed by atoms with Gasteiger partial charge < -0.3 is 19.3 Å². The second-order valence-electron chi connectivity index (χ2n) is 18.5. The van der Waals surface area contributed by atoms with Crippen molar-refractivity contribution in [2.45, 2.75) is 5.41 Å². The van der Waals surface area contributed by atoms with Crippen LogP contribution in [0.15, 0.2) is 279 Å². The Morgan fingerprint density at radius 1 is 0.282 bits per heavy atom. The molecule has 334 valence electrons. The zero-order valence-corrected chi connectivity index (χ0v) is 38.8. The van der Waals surface area contributed by atoms with E-state index >= 15 is 0 Å². The monoisotopic (exact) mass is 906 g/mol. The van der Waals surface area contributed by atoms with Crippen LogP contribution in [0, 0.1) is 0 Å². The van der Waals surface area contributed by atoms with Crippen LogP contribution < -0.4 is 14.7 Å². The lowest BCUT2D eigenvalue weighted by Gasteiger charge is -2.35. The number of nitrogens with zero attached hydrogens (tertiary/aromatic N) is 4. The molecule has 0 amide bonds. The van der Waals surface area contributed by atoms with Gasteiger partial charge in [0, 0.05) is 39.2 Å². The maximum Gasteiger partial charge on any atom is 0.0714 e. The lowest BCUT2D eigenvalue weighted by Crippen LogP contribution is -2.28. The number of rotatable bonds is 8. The van der Waals surface area contributed by atoms with E-state index in [0.717, 1.165) is 67.9 Å². The average molecular weight is 907 g/mol. The first-order valence-corrected chi connectivity index (χ1v) is 24.4. The summed E-state index contributed by atoms with van der Waals surface area (Å²) < 4.78 is 2.43. The van der Waals surface area contributed by atoms with Gasteiger partial charge in [-0.05, 0) is 137 Å². The number of anilines is 9. The Labute approximate surface area is 413 Å². The summed E-state index contributed by atoms with van der Waals surface area (Å²) in [6, 6.07) is 102. The molecule has 4 heteroatoms. The average Bonchev–Trinajstić information content (AvgIpc) is 3.95. The predicted molar refractivity (Wildman–Crippen MR) is 296 cm³/mol. The number of aromatic nitrogens is 1. The van der Waals surface area contributed by atoms with Gasteiger partial charge in [-0.25, -0.2) is 0 Å². The number of para-hydroxylation sites is 4. The van der Waals surface area contributed by atoms with Crippen molar-refractivity contribution in [2.24, 2.45) is 0 Å². The maximum absolute atomic E-state index is 2.47. The molecule has 1 aliphatic heterocycles. The Morgan fingerprint density at radius 3 is 1.27 bits per heavy atom. The quantitative estimate of drug-likeness (QED) is 0.151. The Hall–Kier alpha value is -9.38. The van der Waals surface area contributed by atoms with Gasteiger partial charge in [0.05, 0.1) is 44.9 Å². The van der Waals surface area contributed by atoms with Crippen molar-refractivity contribution in [2.75, 3.05) is 14.7 Å². The lowest BCUT2D eigenvalue weighted by atomic mass is 9.67. The Bertz CT molecular complexity index is 3770. The van der Waals surface area contributed by atoms with Crippen LogP contribution in [-0.4, -0.2) is 4.57 Å². The van der Waals surface area contributed by atoms with Gasteiger partial charge in [-0.3, -0.25) is 0 Å². The first-order chi connectivity index (χ1) is 35.3. The van der Waals surface area contributed by atoms with E-state index in [9.17, 15) is 0 Å². The van der Waals surface area contributed by atoms with E-state index in [-0.39, 0.29) is 0 Å². The minimum absolute atomic E-state index is 0.559. The molecule has 1 aliphatic carbocycles. The minimum atomic E-state index is -0.559. The molecular formula is C67H46N4. The van der Waals surface area contributed by atoms with Gasteiger partial charge in [0.2, 0.25) is 0 Å². The summed E-state index contributed by atoms with van der Waals surface area (Å²) in [5.74, 6) is 0. The van der Waals surface area contributed by atoms with Crippen LogP contribution in [-0.2, 0) is 5.41 Å². The summed E-state index contributed by atoms with van der Waals surface area (Å²) in [7, 11) is 0. The van der Waals surface area contributed by atoms with Crippen LogP contribution >= 0.6 is 0 Å². The molecule has 0 spiro atoms. The number of fused-ring (bicyclic) bond motifs is 5. The molecule has 12 aromatic rings. The second kappa shape index (κ2) is 16.4. The van der Waals surface area contributed by atoms with Crippen molar-refractivity contribution in [1.82, 2.24) is 4.57 Å². The predicted octanol–water partition coefficient (Wildman–Crippen LogP) is 17.9. The molecule has 0 saturated carbocycles. The molecule has 0 fully saturated rings. The fraction of sp³-hybridized carbons (Fsp3) is 0.0149. The third kappa shape index (κ3) is 6.25. The maximum atomic E-state index is 2.47. The summed E-state index contributed by atoms with van der Waals surface area (Å²) in [5.41, 5.74) is 20.0. The van der Waals surface area contributed by atoms with Crippen molar-refractivity contribution >= 4 is 73.0 Å². The molecule has 1 aromatic heterocycles. The third-order valence-corrected chi connectivity index (χ3v) is 14.7. The zero-order chi connectivity index (χ0) is 46.9. The van der Waals surface area contributed by atoms with Crippen molar-refractivity contribution in [3.05, 3.63) is 301 Å². The van der Waals surface area contributed by atoms with Crippen molar-refractivity contribution < 1.29 is 0 Å². The summed E-state index contributed by atoms with van der Waals surface area (Å²) in [6.07, 6.45) is 0. The van der Waals surface area contributed by atoms with E-state index < -0.39 is 5.41 Å². The first kappa shape index (κ1) is 40.7. The van der Waals surface area contributed by atoms with E-state index in [1.54, 1.807) is 0 Å². The lowest BCUT2D eigenvalue weighted by molar-refractivity contribution is 0.768. The van der Waals surface area contributed by atoms with Crippen LogP contribution in [0.1, 0.15) is 22.3 Å². The number of hydrogen-bond acceptors (Lipinski definition) is 3. The van der Waals surface area contributed by atoms with E-state index in [2.05, 4.69) is 298 Å². The molecule has 0 radical (unpaired) electrons. The summed E-state index contributed by atoms with van der Waals surface area (Å²) in [4.78, 5) is 7.39. The molecule has 14 rings (SSSR count). The molecule has 2 bridgehead atoms. The first-order valence-electron chi connectivity index (χ1n) is 24.4. The van der Waals surface area contributed by atoms with E-state index in [1.807, 2.05) is 0 Å². The van der Waals surface area contributed by atoms with Crippen LogP contribution in [0.4, 0.5) is 51.2 Å². The Kier molecular flexibility index (Phi) is 9.39. The van der Waals surface area contributed by atoms with Gasteiger partial charge in [-0.2, -0.15) is 0 Å². The molecule has 2 heterocycles. The summed E-state index contributed by atoms with van der Waals surface area (Å²) >= 11 is 0. The van der Waals surface area contributed by atoms with Gasteiger partial charge in [0.1, 0.15) is 0 Å². The molecule has 11 aromatic carbocycles. The molecule has 2 aliphatic rings. The van der Waals surface area contributed by atoms with Crippen molar-refractivity contribution in [3.8, 4) is 16.8 Å². The molecule has 0 atom stereocenters. The molecule has 71 heavy (non-hydrogen) atoms. The van der Waals surface area contributed by atoms with Crippen LogP contribution in [0.25, 0.3) is 38.6 Å². The largest absolute Gasteiger partial charge is 0.310 e. The fourth-order valence-electron chi connectivity index (χ4n) is 11.9. The van der Waals surface area contributed by atoms with Crippen molar-refractivity contribution in [1.29, 1.82) is 0 Å². The minimum Gasteiger partial charge on any atom is -0.310 e. The summed E-state index contributed by atoms with van der Waals surface area (Å²) in [6.45, 7) is 0. The number of benzene rings is 11. The van der Waals surface area contributed by atoms with Gasteiger partial charge in [-0.1, -0.05) is 176 Å². The Balaban J connectivity index is 1.08. The van der Waals surface area contributed by atoms with E-state index in [0.29, 0.717) is 0 Å². The zero-order valence-electron chi connectivity index (χ0n) is 38.8. The highest BCUT2D eigenvalue weighted by Crippen LogP contribution is 2.58. The van der Waals surface area contributed by atoms with Crippen molar-refractivity contribution in [3.63, 3.8) is 0 Å². The normalized spacial score (nSPS) is 13.1. The second-order valence-corrected chi connectivity index (χ2v) is 18.5. The fourth-order valence-corrected chi connectivity index (χ4v) is 11.9. The van der Waals surface area contributed by atoms with Crippen LogP contribution in [0.3, 0.4) is 0 Å². The molecule has 0 N–H and O–H groups in total. The van der Waals surface area contributed by atoms with Gasteiger partial charge >= 0.3 is 0 Å². The smallest absolute Gasteiger partial charge is 0.0714 e. The third-order valence-electron chi connectivity index (χ3n) is 14.7. The number of hydrogen-bond donors (Lipinski definition) is 0.